The lowest BCUT2D eigenvalue weighted by Crippen LogP contribution is -2.56. The Morgan fingerprint density at radius 2 is 2.18 bits per heavy atom. The Morgan fingerprint density at radius 1 is 1.45 bits per heavy atom. The summed E-state index contributed by atoms with van der Waals surface area (Å²) in [7, 11) is 1.49. The third-order valence-corrected chi connectivity index (χ3v) is 4.25. The van der Waals surface area contributed by atoms with E-state index in [4.69, 9.17) is 16.3 Å². The van der Waals surface area contributed by atoms with E-state index in [1.165, 1.54) is 7.11 Å². The van der Waals surface area contributed by atoms with E-state index in [-0.39, 0.29) is 30.2 Å². The van der Waals surface area contributed by atoms with Gasteiger partial charge in [-0.15, -0.1) is 0 Å². The Balaban J connectivity index is 2.06. The predicted octanol–water partition coefficient (Wildman–Crippen LogP) is 0.945. The molecular weight excluding hydrogens is 308 g/mol. The third-order valence-electron chi connectivity index (χ3n) is 3.84. The maximum atomic E-state index is 12.6. The summed E-state index contributed by atoms with van der Waals surface area (Å²) in [6.07, 6.45) is 0.688. The zero-order chi connectivity index (χ0) is 16.3. The molecule has 1 aromatic rings. The van der Waals surface area contributed by atoms with Crippen molar-refractivity contribution >= 4 is 23.4 Å². The van der Waals surface area contributed by atoms with Crippen molar-refractivity contribution in [2.24, 2.45) is 0 Å². The lowest BCUT2D eigenvalue weighted by atomic mass is 10.1. The maximum Gasteiger partial charge on any atom is 0.276 e. The molecule has 7 nitrogen and oxygen atoms in total. The van der Waals surface area contributed by atoms with Crippen LogP contribution in [0.15, 0.2) is 0 Å². The van der Waals surface area contributed by atoms with Crippen LogP contribution in [-0.4, -0.2) is 71.2 Å². The first kappa shape index (κ1) is 16.8. The number of aromatic amines is 1. The van der Waals surface area contributed by atoms with E-state index >= 15 is 0 Å². The molecule has 22 heavy (non-hydrogen) atoms. The van der Waals surface area contributed by atoms with Gasteiger partial charge in [-0.05, 0) is 13.3 Å². The van der Waals surface area contributed by atoms with Crippen LogP contribution >= 0.6 is 11.6 Å². The van der Waals surface area contributed by atoms with E-state index in [0.29, 0.717) is 31.1 Å². The van der Waals surface area contributed by atoms with Crippen molar-refractivity contribution in [2.75, 3.05) is 33.4 Å². The van der Waals surface area contributed by atoms with Gasteiger partial charge in [0.15, 0.2) is 5.69 Å². The highest BCUT2D eigenvalue weighted by Gasteiger charge is 2.32. The second-order valence-corrected chi connectivity index (χ2v) is 5.72. The first-order valence-corrected chi connectivity index (χ1v) is 7.67. The minimum absolute atomic E-state index is 0.0612. The monoisotopic (exact) mass is 328 g/mol. The summed E-state index contributed by atoms with van der Waals surface area (Å²) in [6, 6.07) is -0.0973. The van der Waals surface area contributed by atoms with Gasteiger partial charge in [-0.1, -0.05) is 18.5 Å². The minimum atomic E-state index is -0.202. The molecule has 1 aliphatic heterocycles. The molecule has 2 rings (SSSR count). The van der Waals surface area contributed by atoms with Crippen LogP contribution in [0, 0.1) is 0 Å². The van der Waals surface area contributed by atoms with Crippen molar-refractivity contribution in [2.45, 2.75) is 26.3 Å². The normalized spacial score (nSPS) is 18.6. The number of ether oxygens (including phenoxy) is 1. The number of amides is 2. The van der Waals surface area contributed by atoms with Gasteiger partial charge >= 0.3 is 0 Å². The zero-order valence-electron chi connectivity index (χ0n) is 13.1. The number of nitrogens with one attached hydrogen (secondary N) is 1. The van der Waals surface area contributed by atoms with Crippen LogP contribution in [0.3, 0.4) is 0 Å². The Hall–Kier alpha value is -1.60. The fourth-order valence-electron chi connectivity index (χ4n) is 2.58. The number of hydrogen-bond donors (Lipinski definition) is 1. The summed E-state index contributed by atoms with van der Waals surface area (Å²) < 4.78 is 4.86. The molecule has 122 valence electrons. The number of H-pyrrole nitrogens is 1. The van der Waals surface area contributed by atoms with Gasteiger partial charge in [-0.25, -0.2) is 0 Å². The van der Waals surface area contributed by atoms with E-state index in [9.17, 15) is 9.59 Å². The SMILES string of the molecule is CCc1[nH]nc(C(=O)N2CCN(C(=O)COC)C[C@H]2C)c1Cl. The van der Waals surface area contributed by atoms with E-state index in [1.54, 1.807) is 9.80 Å². The molecule has 2 heterocycles. The molecule has 0 unspecified atom stereocenters. The Bertz CT molecular complexity index is 560. The molecule has 0 saturated carbocycles. The second kappa shape index (κ2) is 7.11. The van der Waals surface area contributed by atoms with Crippen molar-refractivity contribution in [1.29, 1.82) is 0 Å². The number of nitrogens with zero attached hydrogens (tertiary/aromatic N) is 3. The van der Waals surface area contributed by atoms with Crippen LogP contribution in [0.2, 0.25) is 5.02 Å². The first-order chi connectivity index (χ1) is 10.5. The first-order valence-electron chi connectivity index (χ1n) is 7.30. The zero-order valence-corrected chi connectivity index (χ0v) is 13.8. The molecule has 0 spiro atoms. The number of methoxy groups -OCH3 is 1. The van der Waals surface area contributed by atoms with Gasteiger partial charge in [0.2, 0.25) is 5.91 Å². The molecule has 1 fully saturated rings. The van der Waals surface area contributed by atoms with Gasteiger partial charge in [0.1, 0.15) is 6.61 Å². The number of carbonyl (C=O) groups is 2. The van der Waals surface area contributed by atoms with E-state index in [0.717, 1.165) is 5.69 Å². The number of halogens is 1. The average Bonchev–Trinajstić information content (AvgIpc) is 2.87. The van der Waals surface area contributed by atoms with Gasteiger partial charge in [-0.2, -0.15) is 5.10 Å². The molecule has 1 N–H and O–H groups in total. The van der Waals surface area contributed by atoms with Crippen LogP contribution in [0.5, 0.6) is 0 Å². The standard InChI is InChI=1S/C14H21ClN4O3/c1-4-10-12(15)13(17-16-10)14(21)19-6-5-18(7-9(19)2)11(20)8-22-3/h9H,4-8H2,1-3H3,(H,16,17)/t9-/m1/s1. The van der Waals surface area contributed by atoms with Crippen molar-refractivity contribution < 1.29 is 14.3 Å². The molecule has 0 aromatic carbocycles. The van der Waals surface area contributed by atoms with Gasteiger partial charge in [0.05, 0.1) is 10.7 Å². The molecule has 1 atom stereocenters. The number of hydrogen-bond acceptors (Lipinski definition) is 4. The Labute approximate surface area is 134 Å². The van der Waals surface area contributed by atoms with E-state index < -0.39 is 0 Å². The van der Waals surface area contributed by atoms with Crippen molar-refractivity contribution in [3.63, 3.8) is 0 Å². The van der Waals surface area contributed by atoms with Crippen molar-refractivity contribution in [1.82, 2.24) is 20.0 Å². The molecule has 0 bridgehead atoms. The topological polar surface area (TPSA) is 78.5 Å². The predicted molar refractivity (Wildman–Crippen MR) is 81.9 cm³/mol. The molecular formula is C14H21ClN4O3. The number of carbonyl (C=O) groups excluding carboxylic acids is 2. The summed E-state index contributed by atoms with van der Waals surface area (Å²) in [6.45, 7) is 5.34. The van der Waals surface area contributed by atoms with E-state index in [2.05, 4.69) is 10.2 Å². The third kappa shape index (κ3) is 3.25. The van der Waals surface area contributed by atoms with Crippen LogP contribution in [0.4, 0.5) is 0 Å². The van der Waals surface area contributed by atoms with Crippen molar-refractivity contribution in [3.8, 4) is 0 Å². The number of piperazine rings is 1. The molecule has 1 saturated heterocycles. The van der Waals surface area contributed by atoms with E-state index in [1.807, 2.05) is 13.8 Å². The minimum Gasteiger partial charge on any atom is -0.375 e. The Kier molecular flexibility index (Phi) is 5.42. The maximum absolute atomic E-state index is 12.6. The summed E-state index contributed by atoms with van der Waals surface area (Å²) in [5, 5.41) is 7.21. The van der Waals surface area contributed by atoms with Crippen LogP contribution in [0.25, 0.3) is 0 Å². The summed E-state index contributed by atoms with van der Waals surface area (Å²) >= 11 is 6.18. The number of aryl methyl sites for hydroxylation is 1. The summed E-state index contributed by atoms with van der Waals surface area (Å²) in [4.78, 5) is 27.9. The van der Waals surface area contributed by atoms with Gasteiger partial charge in [-0.3, -0.25) is 14.7 Å². The van der Waals surface area contributed by atoms with Crippen LogP contribution < -0.4 is 0 Å². The second-order valence-electron chi connectivity index (χ2n) is 5.34. The highest BCUT2D eigenvalue weighted by Crippen LogP contribution is 2.22. The Morgan fingerprint density at radius 3 is 2.73 bits per heavy atom. The fraction of sp³-hybridized carbons (Fsp3) is 0.643. The van der Waals surface area contributed by atoms with Gasteiger partial charge < -0.3 is 14.5 Å². The fourth-order valence-corrected chi connectivity index (χ4v) is 2.88. The smallest absolute Gasteiger partial charge is 0.276 e. The largest absolute Gasteiger partial charge is 0.375 e. The highest BCUT2D eigenvalue weighted by atomic mass is 35.5. The van der Waals surface area contributed by atoms with Crippen LogP contribution in [-0.2, 0) is 16.0 Å². The highest BCUT2D eigenvalue weighted by molar-refractivity contribution is 6.34. The van der Waals surface area contributed by atoms with Gasteiger partial charge in [0, 0.05) is 32.8 Å². The van der Waals surface area contributed by atoms with Gasteiger partial charge in [0.25, 0.3) is 5.91 Å². The lowest BCUT2D eigenvalue weighted by Gasteiger charge is -2.39. The molecule has 0 aliphatic carbocycles. The summed E-state index contributed by atoms with van der Waals surface area (Å²) in [5.74, 6) is -0.264. The van der Waals surface area contributed by atoms with Crippen LogP contribution in [0.1, 0.15) is 30.0 Å². The average molecular weight is 329 g/mol. The molecule has 2 amide bonds. The molecule has 0 radical (unpaired) electrons. The molecule has 8 heteroatoms. The van der Waals surface area contributed by atoms with Crippen molar-refractivity contribution in [3.05, 3.63) is 16.4 Å². The number of rotatable bonds is 4. The number of aromatic nitrogens is 2. The lowest BCUT2D eigenvalue weighted by molar-refractivity contribution is -0.137. The molecule has 1 aliphatic rings. The molecule has 1 aromatic heterocycles. The summed E-state index contributed by atoms with van der Waals surface area (Å²) in [5.41, 5.74) is 1.01. The quantitative estimate of drug-likeness (QED) is 0.892.